The lowest BCUT2D eigenvalue weighted by Crippen LogP contribution is -2.37. The van der Waals surface area contributed by atoms with Crippen molar-refractivity contribution in [1.82, 2.24) is 0 Å². The molecule has 0 unspecified atom stereocenters. The normalized spacial score (nSPS) is 25.6. The van der Waals surface area contributed by atoms with Crippen molar-refractivity contribution in [1.29, 1.82) is 0 Å². The summed E-state index contributed by atoms with van der Waals surface area (Å²) in [4.78, 5) is 11.2. The van der Waals surface area contributed by atoms with Crippen LogP contribution in [0.1, 0.15) is 19.8 Å². The van der Waals surface area contributed by atoms with Crippen LogP contribution in [0.25, 0.3) is 0 Å². The highest BCUT2D eigenvalue weighted by Gasteiger charge is 2.36. The van der Waals surface area contributed by atoms with E-state index in [2.05, 4.69) is 0 Å². The van der Waals surface area contributed by atoms with Crippen LogP contribution in [0.3, 0.4) is 0 Å². The smallest absolute Gasteiger partial charge is 0.309 e. The Morgan fingerprint density at radius 2 is 2.21 bits per heavy atom. The summed E-state index contributed by atoms with van der Waals surface area (Å²) in [7, 11) is 3.38. The van der Waals surface area contributed by atoms with E-state index in [4.69, 9.17) is 9.47 Å². The van der Waals surface area contributed by atoms with Crippen LogP contribution in [0.4, 0.5) is 0 Å². The number of carbonyl (C=O) groups is 1. The number of hydrogen-bond acceptors (Lipinski definition) is 5. The molecular weight excluding hydrogens is 220 g/mol. The van der Waals surface area contributed by atoms with E-state index in [0.29, 0.717) is 12.5 Å². The van der Waals surface area contributed by atoms with Gasteiger partial charge in [0.05, 0.1) is 18.6 Å². The zero-order valence-corrected chi connectivity index (χ0v) is 10.2. The average molecular weight is 236 g/mol. The number of esters is 1. The van der Waals surface area contributed by atoms with E-state index >= 15 is 0 Å². The maximum absolute atomic E-state index is 11.2. The fourth-order valence-electron chi connectivity index (χ4n) is 1.33. The highest BCUT2D eigenvalue weighted by molar-refractivity contribution is 8.76. The quantitative estimate of drug-likeness (QED) is 0.306. The van der Waals surface area contributed by atoms with Gasteiger partial charge < -0.3 is 9.47 Å². The first-order valence-electron chi connectivity index (χ1n) is 4.71. The van der Waals surface area contributed by atoms with Crippen molar-refractivity contribution in [3.05, 3.63) is 0 Å². The molecule has 1 aliphatic rings. The number of ether oxygens (including phenoxy) is 2. The fraction of sp³-hybridized carbons (Fsp3) is 0.889. The van der Waals surface area contributed by atoms with Crippen LogP contribution in [-0.4, -0.2) is 30.9 Å². The van der Waals surface area contributed by atoms with E-state index < -0.39 is 0 Å². The Balaban J connectivity index is 2.02. The van der Waals surface area contributed by atoms with E-state index in [-0.39, 0.29) is 18.0 Å². The Bertz CT molecular complexity index is 181. The number of rotatable bonds is 6. The molecule has 0 bridgehead atoms. The van der Waals surface area contributed by atoms with Gasteiger partial charge in [-0.05, 0) is 26.0 Å². The molecule has 0 amide bonds. The highest BCUT2D eigenvalue weighted by Crippen LogP contribution is 2.32. The van der Waals surface area contributed by atoms with E-state index in [0.717, 1.165) is 12.8 Å². The van der Waals surface area contributed by atoms with Crippen molar-refractivity contribution in [3.63, 3.8) is 0 Å². The lowest BCUT2D eigenvalue weighted by Gasteiger charge is -2.32. The molecule has 0 aromatic carbocycles. The first kappa shape index (κ1) is 12.2. The molecule has 3 nitrogen and oxygen atoms in total. The van der Waals surface area contributed by atoms with Crippen molar-refractivity contribution in [3.8, 4) is 0 Å². The Labute approximate surface area is 92.7 Å². The molecule has 0 atom stereocenters. The fourth-order valence-corrected chi connectivity index (χ4v) is 2.13. The first-order chi connectivity index (χ1) is 6.77. The highest BCUT2D eigenvalue weighted by atomic mass is 33.1. The summed E-state index contributed by atoms with van der Waals surface area (Å²) in [6.45, 7) is 2.31. The van der Waals surface area contributed by atoms with Gasteiger partial charge >= 0.3 is 5.97 Å². The minimum atomic E-state index is -0.0649. The van der Waals surface area contributed by atoms with Crippen LogP contribution in [0.2, 0.25) is 0 Å². The Hall–Kier alpha value is 0.130. The van der Waals surface area contributed by atoms with Gasteiger partial charge in [-0.2, -0.15) is 0 Å². The summed E-state index contributed by atoms with van der Waals surface area (Å²) in [5.41, 5.74) is 0. The minimum absolute atomic E-state index is 0.0649. The molecule has 0 radical (unpaired) electrons. The Kier molecular flexibility index (Phi) is 5.74. The molecule has 1 saturated carbocycles. The molecule has 5 heteroatoms. The van der Waals surface area contributed by atoms with Gasteiger partial charge in [0.25, 0.3) is 0 Å². The maximum Gasteiger partial charge on any atom is 0.309 e. The molecule has 82 valence electrons. The van der Waals surface area contributed by atoms with Crippen molar-refractivity contribution in [2.45, 2.75) is 25.9 Å². The molecule has 1 aliphatic carbocycles. The lowest BCUT2D eigenvalue weighted by atomic mass is 9.82. The molecule has 1 fully saturated rings. The van der Waals surface area contributed by atoms with Crippen molar-refractivity contribution < 1.29 is 14.3 Å². The molecule has 0 aromatic rings. The summed E-state index contributed by atoms with van der Waals surface area (Å²) in [6, 6.07) is 0. The minimum Gasteiger partial charge on any atom is -0.466 e. The molecule has 1 rings (SSSR count). The second-order valence-corrected chi connectivity index (χ2v) is 5.62. The molecule has 0 heterocycles. The van der Waals surface area contributed by atoms with Crippen molar-refractivity contribution >= 4 is 27.6 Å². The maximum atomic E-state index is 11.2. The van der Waals surface area contributed by atoms with Crippen LogP contribution >= 0.6 is 21.6 Å². The van der Waals surface area contributed by atoms with E-state index in [1.807, 2.05) is 13.2 Å². The predicted molar refractivity (Wildman–Crippen MR) is 60.2 cm³/mol. The SMILES string of the molecule is CCOC(=O)C1CC(OCSSC)C1. The number of hydrogen-bond donors (Lipinski definition) is 0. The second kappa shape index (κ2) is 6.58. The van der Waals surface area contributed by atoms with Crippen LogP contribution in [0.5, 0.6) is 0 Å². The second-order valence-electron chi connectivity index (χ2n) is 3.11. The molecule has 0 N–H and O–H groups in total. The monoisotopic (exact) mass is 236 g/mol. The predicted octanol–water partition coefficient (Wildman–Crippen LogP) is 2.31. The standard InChI is InChI=1S/C9H16O3S2/c1-3-11-9(10)7-4-8(5-7)12-6-14-13-2/h7-8H,3-6H2,1-2H3. The van der Waals surface area contributed by atoms with Crippen LogP contribution in [-0.2, 0) is 14.3 Å². The molecule has 0 spiro atoms. The average Bonchev–Trinajstić information content (AvgIpc) is 2.09. The van der Waals surface area contributed by atoms with Gasteiger partial charge in [-0.1, -0.05) is 21.6 Å². The first-order valence-corrected chi connectivity index (χ1v) is 7.44. The third-order valence-corrected chi connectivity index (χ3v) is 3.65. The number of carbonyl (C=O) groups excluding carboxylic acids is 1. The van der Waals surface area contributed by atoms with Crippen LogP contribution in [0.15, 0.2) is 0 Å². The summed E-state index contributed by atoms with van der Waals surface area (Å²) >= 11 is 0. The van der Waals surface area contributed by atoms with Gasteiger partial charge in [0.2, 0.25) is 0 Å². The van der Waals surface area contributed by atoms with Gasteiger partial charge in [0.15, 0.2) is 0 Å². The molecule has 0 aromatic heterocycles. The Morgan fingerprint density at radius 3 is 2.79 bits per heavy atom. The van der Waals surface area contributed by atoms with Crippen LogP contribution < -0.4 is 0 Å². The van der Waals surface area contributed by atoms with Crippen molar-refractivity contribution in [2.24, 2.45) is 5.92 Å². The van der Waals surface area contributed by atoms with Crippen molar-refractivity contribution in [2.75, 3.05) is 18.8 Å². The van der Waals surface area contributed by atoms with Crippen LogP contribution in [0, 0.1) is 5.92 Å². The van der Waals surface area contributed by atoms with E-state index in [1.165, 1.54) is 0 Å². The largest absolute Gasteiger partial charge is 0.466 e. The van der Waals surface area contributed by atoms with E-state index in [9.17, 15) is 4.79 Å². The third-order valence-electron chi connectivity index (χ3n) is 2.18. The topological polar surface area (TPSA) is 35.5 Å². The lowest BCUT2D eigenvalue weighted by molar-refractivity contribution is -0.156. The van der Waals surface area contributed by atoms with Gasteiger partial charge in [-0.15, -0.1) is 0 Å². The summed E-state index contributed by atoms with van der Waals surface area (Å²) in [5.74, 6) is 0.727. The van der Waals surface area contributed by atoms with E-state index in [1.54, 1.807) is 21.6 Å². The molecule has 0 saturated heterocycles. The zero-order chi connectivity index (χ0) is 10.4. The van der Waals surface area contributed by atoms with Gasteiger partial charge in [-0.3, -0.25) is 4.79 Å². The van der Waals surface area contributed by atoms with Gasteiger partial charge in [-0.25, -0.2) is 0 Å². The zero-order valence-electron chi connectivity index (χ0n) is 8.52. The third kappa shape index (κ3) is 3.71. The molecule has 0 aliphatic heterocycles. The summed E-state index contributed by atoms with van der Waals surface area (Å²) in [5, 5.41) is 0. The Morgan fingerprint density at radius 1 is 1.50 bits per heavy atom. The summed E-state index contributed by atoms with van der Waals surface area (Å²) < 4.78 is 10.4. The molecule has 14 heavy (non-hydrogen) atoms. The summed E-state index contributed by atoms with van der Waals surface area (Å²) in [6.07, 6.45) is 3.95. The molecular formula is C9H16O3S2. The van der Waals surface area contributed by atoms with Gasteiger partial charge in [0, 0.05) is 0 Å². The van der Waals surface area contributed by atoms with Gasteiger partial charge in [0.1, 0.15) is 5.94 Å².